The van der Waals surface area contributed by atoms with Crippen LogP contribution in [0.25, 0.3) is 11.2 Å². The Bertz CT molecular complexity index is 719. The number of anilines is 1. The average Bonchev–Trinajstić information content (AvgIpc) is 3.09. The summed E-state index contributed by atoms with van der Waals surface area (Å²) < 4.78 is 7.11. The summed E-state index contributed by atoms with van der Waals surface area (Å²) in [4.78, 5) is 12.8. The Morgan fingerprint density at radius 2 is 2.04 bits per heavy atom. The standard InChI is InChI=1S/C15H21N5O4/c21-5-9-11(22)12(23)15(24-9)20-7-19-10-13(17-6-18-14(10)20)16-4-8-2-1-3-8/h6-9,11-12,15,21-23H,1-5H2,(H,16,17,18)/t9-,11-,12-,15-/m1/s1. The Hall–Kier alpha value is -1.81. The molecule has 4 atom stereocenters. The second-order valence-corrected chi connectivity index (χ2v) is 6.45. The first-order valence-electron chi connectivity index (χ1n) is 8.23. The molecule has 130 valence electrons. The van der Waals surface area contributed by atoms with Crippen LogP contribution in [0.4, 0.5) is 5.82 Å². The van der Waals surface area contributed by atoms with Gasteiger partial charge in [-0.05, 0) is 18.8 Å². The van der Waals surface area contributed by atoms with E-state index >= 15 is 0 Å². The number of hydrogen-bond acceptors (Lipinski definition) is 8. The third-order valence-electron chi connectivity index (χ3n) is 4.93. The molecule has 0 unspecified atom stereocenters. The van der Waals surface area contributed by atoms with Gasteiger partial charge in [-0.25, -0.2) is 15.0 Å². The summed E-state index contributed by atoms with van der Waals surface area (Å²) in [6, 6.07) is 0. The number of ether oxygens (including phenoxy) is 1. The van der Waals surface area contributed by atoms with Gasteiger partial charge in [-0.15, -0.1) is 0 Å². The molecule has 3 heterocycles. The Morgan fingerprint density at radius 1 is 1.21 bits per heavy atom. The second-order valence-electron chi connectivity index (χ2n) is 6.45. The van der Waals surface area contributed by atoms with Gasteiger partial charge in [-0.2, -0.15) is 0 Å². The highest BCUT2D eigenvalue weighted by Gasteiger charge is 2.44. The summed E-state index contributed by atoms with van der Waals surface area (Å²) in [6.07, 6.45) is 2.69. The summed E-state index contributed by atoms with van der Waals surface area (Å²) in [5.74, 6) is 1.33. The van der Waals surface area contributed by atoms with Crippen molar-refractivity contribution in [3.8, 4) is 0 Å². The van der Waals surface area contributed by atoms with Crippen molar-refractivity contribution in [3.63, 3.8) is 0 Å². The third kappa shape index (κ3) is 2.53. The molecule has 9 heteroatoms. The van der Waals surface area contributed by atoms with Crippen molar-refractivity contribution in [1.82, 2.24) is 19.5 Å². The number of nitrogens with one attached hydrogen (secondary N) is 1. The lowest BCUT2D eigenvalue weighted by atomic mass is 9.85. The molecular formula is C15H21N5O4. The van der Waals surface area contributed by atoms with Crippen LogP contribution in [-0.2, 0) is 4.74 Å². The lowest BCUT2D eigenvalue weighted by Gasteiger charge is -2.25. The fraction of sp³-hybridized carbons (Fsp3) is 0.667. The maximum Gasteiger partial charge on any atom is 0.167 e. The molecule has 2 aromatic rings. The summed E-state index contributed by atoms with van der Waals surface area (Å²) in [6.45, 7) is 0.483. The third-order valence-corrected chi connectivity index (χ3v) is 4.93. The van der Waals surface area contributed by atoms with Crippen LogP contribution < -0.4 is 5.32 Å². The number of fused-ring (bicyclic) bond motifs is 1. The van der Waals surface area contributed by atoms with Crippen LogP contribution in [0.2, 0.25) is 0 Å². The minimum atomic E-state index is -1.17. The minimum Gasteiger partial charge on any atom is -0.394 e. The zero-order chi connectivity index (χ0) is 16.7. The Kier molecular flexibility index (Phi) is 4.09. The largest absolute Gasteiger partial charge is 0.394 e. The van der Waals surface area contributed by atoms with Gasteiger partial charge in [0.15, 0.2) is 23.2 Å². The van der Waals surface area contributed by atoms with Gasteiger partial charge in [0.05, 0.1) is 12.9 Å². The molecule has 2 fully saturated rings. The molecule has 0 spiro atoms. The fourth-order valence-electron chi connectivity index (χ4n) is 3.22. The van der Waals surface area contributed by atoms with Gasteiger partial charge in [0.25, 0.3) is 0 Å². The number of nitrogens with zero attached hydrogens (tertiary/aromatic N) is 4. The normalized spacial score (nSPS) is 30.6. The van der Waals surface area contributed by atoms with E-state index in [0.717, 1.165) is 6.54 Å². The van der Waals surface area contributed by atoms with Gasteiger partial charge in [0.1, 0.15) is 24.6 Å². The van der Waals surface area contributed by atoms with Crippen LogP contribution in [0.15, 0.2) is 12.7 Å². The van der Waals surface area contributed by atoms with Gasteiger partial charge in [0.2, 0.25) is 0 Å². The van der Waals surface area contributed by atoms with Crippen molar-refractivity contribution in [2.75, 3.05) is 18.5 Å². The highest BCUT2D eigenvalue weighted by molar-refractivity contribution is 5.82. The molecule has 0 bridgehead atoms. The first kappa shape index (κ1) is 15.7. The molecule has 9 nitrogen and oxygen atoms in total. The van der Waals surface area contributed by atoms with E-state index in [1.807, 2.05) is 0 Å². The highest BCUT2D eigenvalue weighted by Crippen LogP contribution is 2.32. The summed E-state index contributed by atoms with van der Waals surface area (Å²) in [5, 5.41) is 32.6. The van der Waals surface area contributed by atoms with E-state index in [1.165, 1.54) is 31.9 Å². The molecule has 1 saturated carbocycles. The number of aliphatic hydroxyl groups is 3. The van der Waals surface area contributed by atoms with E-state index < -0.39 is 24.5 Å². The molecule has 0 amide bonds. The van der Waals surface area contributed by atoms with Gasteiger partial charge >= 0.3 is 0 Å². The number of imidazole rings is 1. The molecule has 0 aromatic carbocycles. The molecular weight excluding hydrogens is 314 g/mol. The molecule has 4 rings (SSSR count). The molecule has 1 aliphatic heterocycles. The quantitative estimate of drug-likeness (QED) is 0.584. The van der Waals surface area contributed by atoms with E-state index in [-0.39, 0.29) is 6.61 Å². The summed E-state index contributed by atoms with van der Waals surface area (Å²) in [7, 11) is 0. The van der Waals surface area contributed by atoms with Gasteiger partial charge in [-0.1, -0.05) is 6.42 Å². The highest BCUT2D eigenvalue weighted by atomic mass is 16.6. The molecule has 1 saturated heterocycles. The topological polar surface area (TPSA) is 126 Å². The van der Waals surface area contributed by atoms with Crippen LogP contribution in [0, 0.1) is 5.92 Å². The first-order valence-corrected chi connectivity index (χ1v) is 8.23. The zero-order valence-electron chi connectivity index (χ0n) is 13.1. The van der Waals surface area contributed by atoms with Gasteiger partial charge in [0, 0.05) is 6.54 Å². The Labute approximate surface area is 138 Å². The molecule has 2 aromatic heterocycles. The van der Waals surface area contributed by atoms with Crippen molar-refractivity contribution >= 4 is 17.0 Å². The number of aromatic nitrogens is 4. The molecule has 0 radical (unpaired) electrons. The van der Waals surface area contributed by atoms with E-state index in [9.17, 15) is 15.3 Å². The van der Waals surface area contributed by atoms with Crippen molar-refractivity contribution in [2.24, 2.45) is 5.92 Å². The van der Waals surface area contributed by atoms with Crippen molar-refractivity contribution in [2.45, 2.75) is 43.8 Å². The fourth-order valence-corrected chi connectivity index (χ4v) is 3.22. The number of hydrogen-bond donors (Lipinski definition) is 4. The lowest BCUT2D eigenvalue weighted by molar-refractivity contribution is -0.0511. The van der Waals surface area contributed by atoms with E-state index in [4.69, 9.17) is 4.74 Å². The SMILES string of the molecule is OC[C@H]1O[C@@H](n2cnc3c(NCC4CCC4)ncnc32)[C@H](O)[C@@H]1O. The van der Waals surface area contributed by atoms with Crippen LogP contribution >= 0.6 is 0 Å². The van der Waals surface area contributed by atoms with E-state index in [0.29, 0.717) is 22.9 Å². The maximum atomic E-state index is 10.2. The van der Waals surface area contributed by atoms with Crippen molar-refractivity contribution < 1.29 is 20.1 Å². The molecule has 24 heavy (non-hydrogen) atoms. The van der Waals surface area contributed by atoms with E-state index in [1.54, 1.807) is 4.57 Å². The molecule has 4 N–H and O–H groups in total. The van der Waals surface area contributed by atoms with Crippen molar-refractivity contribution in [1.29, 1.82) is 0 Å². The predicted octanol–water partition coefficient (Wildman–Crippen LogP) is -0.350. The summed E-state index contributed by atoms with van der Waals surface area (Å²) >= 11 is 0. The lowest BCUT2D eigenvalue weighted by Crippen LogP contribution is -2.33. The van der Waals surface area contributed by atoms with Crippen LogP contribution in [0.1, 0.15) is 25.5 Å². The minimum absolute atomic E-state index is 0.371. The Morgan fingerprint density at radius 3 is 2.71 bits per heavy atom. The van der Waals surface area contributed by atoms with Crippen LogP contribution in [-0.4, -0.2) is 66.3 Å². The number of rotatable bonds is 5. The van der Waals surface area contributed by atoms with Crippen LogP contribution in [0.3, 0.4) is 0 Å². The summed E-state index contributed by atoms with van der Waals surface area (Å²) in [5.41, 5.74) is 1.10. The maximum absolute atomic E-state index is 10.2. The van der Waals surface area contributed by atoms with Crippen LogP contribution in [0.5, 0.6) is 0 Å². The Balaban J connectivity index is 1.60. The zero-order valence-corrected chi connectivity index (χ0v) is 13.1. The average molecular weight is 335 g/mol. The first-order chi connectivity index (χ1) is 11.7. The van der Waals surface area contributed by atoms with Gasteiger partial charge in [-0.3, -0.25) is 4.57 Å². The van der Waals surface area contributed by atoms with Gasteiger partial charge < -0.3 is 25.4 Å². The molecule has 2 aliphatic rings. The smallest absolute Gasteiger partial charge is 0.167 e. The number of aliphatic hydroxyl groups excluding tert-OH is 3. The monoisotopic (exact) mass is 335 g/mol. The molecule has 1 aliphatic carbocycles. The predicted molar refractivity (Wildman–Crippen MR) is 84.2 cm³/mol. The van der Waals surface area contributed by atoms with E-state index in [2.05, 4.69) is 20.3 Å². The van der Waals surface area contributed by atoms with Crippen molar-refractivity contribution in [3.05, 3.63) is 12.7 Å². The second kappa shape index (κ2) is 6.25.